The third-order valence-corrected chi connectivity index (χ3v) is 15.3. The highest BCUT2D eigenvalue weighted by Crippen LogP contribution is 2.34. The van der Waals surface area contributed by atoms with Gasteiger partial charge in [-0.05, 0) is 84.1 Å². The SMILES string of the molecule is C=CCO[C@H](C[C@H](C(C)C)N(CC=C)C(=O)[C@@H](CC(=O)C(C)(C)N(C)CCC(=O)NC(CCCCNC(=O)CSC)C(=O)NCCOCCO)C(C)CC)c1nc(C(=O)N[C@@H](Cc2ccc(C)cc2)CC(C)OC=O)cs1. The van der Waals surface area contributed by atoms with Crippen LogP contribution in [0.2, 0.25) is 0 Å². The molecule has 77 heavy (non-hydrogen) atoms. The Morgan fingerprint density at radius 3 is 2.29 bits per heavy atom. The highest BCUT2D eigenvalue weighted by atomic mass is 32.2. The number of thioether (sulfide) groups is 1. The Kier molecular flexibility index (Phi) is 32.7. The molecule has 0 aliphatic rings. The van der Waals surface area contributed by atoms with E-state index in [0.29, 0.717) is 68.7 Å². The van der Waals surface area contributed by atoms with Crippen molar-refractivity contribution in [1.82, 2.24) is 36.1 Å². The van der Waals surface area contributed by atoms with E-state index in [1.54, 1.807) is 55.2 Å². The molecule has 5 N–H and O–H groups in total. The van der Waals surface area contributed by atoms with Crippen LogP contribution in [0.5, 0.6) is 0 Å². The van der Waals surface area contributed by atoms with Crippen molar-refractivity contribution in [2.75, 3.05) is 71.7 Å². The molecule has 1 heterocycles. The molecule has 1 aromatic carbocycles. The molecule has 432 valence electrons. The zero-order chi connectivity index (χ0) is 57.5. The van der Waals surface area contributed by atoms with Gasteiger partial charge in [-0.15, -0.1) is 24.5 Å². The number of carbonyl (C=O) groups is 7. The molecule has 18 nitrogen and oxygen atoms in total. The number of hydrogen-bond donors (Lipinski definition) is 5. The fourth-order valence-corrected chi connectivity index (χ4v) is 9.90. The van der Waals surface area contributed by atoms with Crippen LogP contribution in [0.1, 0.15) is 133 Å². The summed E-state index contributed by atoms with van der Waals surface area (Å²) in [5, 5.41) is 22.8. The number of aromatic nitrogens is 1. The molecule has 0 aliphatic carbocycles. The lowest BCUT2D eigenvalue weighted by atomic mass is 9.81. The monoisotopic (exact) mass is 1110 g/mol. The topological polar surface area (TPSA) is 235 Å². The van der Waals surface area contributed by atoms with Crippen molar-refractivity contribution in [1.29, 1.82) is 0 Å². The van der Waals surface area contributed by atoms with E-state index in [1.807, 2.05) is 65.1 Å². The third-order valence-electron chi connectivity index (χ3n) is 13.8. The smallest absolute Gasteiger partial charge is 0.293 e. The van der Waals surface area contributed by atoms with Crippen molar-refractivity contribution in [3.63, 3.8) is 0 Å². The predicted octanol–water partition coefficient (Wildman–Crippen LogP) is 6.40. The molecule has 0 radical (unpaired) electrons. The number of rotatable bonds is 42. The van der Waals surface area contributed by atoms with Crippen molar-refractivity contribution < 1.29 is 52.9 Å². The predicted molar refractivity (Wildman–Crippen MR) is 306 cm³/mol. The first-order valence-corrected chi connectivity index (χ1v) is 29.2. The fraction of sp³-hybridized carbons (Fsp3) is 0.649. The van der Waals surface area contributed by atoms with E-state index in [1.165, 1.54) is 23.1 Å². The number of likely N-dealkylation sites (N-methyl/N-ethyl adjacent to an activating group) is 1. The number of thiazole rings is 1. The zero-order valence-corrected chi connectivity index (χ0v) is 49.2. The summed E-state index contributed by atoms with van der Waals surface area (Å²) in [5.41, 5.74) is 1.26. The highest BCUT2D eigenvalue weighted by Gasteiger charge is 2.40. The molecule has 0 bridgehead atoms. The van der Waals surface area contributed by atoms with Crippen molar-refractivity contribution in [3.8, 4) is 0 Å². The maximum Gasteiger partial charge on any atom is 0.293 e. The van der Waals surface area contributed by atoms with Gasteiger partial charge >= 0.3 is 0 Å². The first-order valence-electron chi connectivity index (χ1n) is 27.0. The van der Waals surface area contributed by atoms with Crippen LogP contribution in [0.25, 0.3) is 0 Å². The van der Waals surface area contributed by atoms with Crippen LogP contribution in [-0.2, 0) is 49.4 Å². The summed E-state index contributed by atoms with van der Waals surface area (Å²) in [6.07, 6.45) is 7.41. The maximum atomic E-state index is 15.1. The van der Waals surface area contributed by atoms with E-state index in [9.17, 15) is 28.8 Å². The van der Waals surface area contributed by atoms with Crippen LogP contribution >= 0.6 is 23.1 Å². The van der Waals surface area contributed by atoms with Gasteiger partial charge in [0.25, 0.3) is 12.4 Å². The molecule has 5 amide bonds. The van der Waals surface area contributed by atoms with Crippen molar-refractivity contribution in [2.45, 2.75) is 149 Å². The molecular formula is C57H91N7O11S2. The minimum absolute atomic E-state index is 0.00960. The number of aryl methyl sites for hydroxylation is 1. The number of hydrogen-bond acceptors (Lipinski definition) is 15. The Morgan fingerprint density at radius 2 is 1.66 bits per heavy atom. The van der Waals surface area contributed by atoms with Crippen molar-refractivity contribution in [2.24, 2.45) is 17.8 Å². The number of unbranched alkanes of at least 4 members (excludes halogenated alkanes) is 1. The van der Waals surface area contributed by atoms with Crippen LogP contribution in [0.3, 0.4) is 0 Å². The van der Waals surface area contributed by atoms with Gasteiger partial charge in [-0.3, -0.25) is 38.5 Å². The van der Waals surface area contributed by atoms with E-state index in [4.69, 9.17) is 24.3 Å². The Hall–Kier alpha value is -4.99. The largest absolute Gasteiger partial charge is 0.465 e. The summed E-state index contributed by atoms with van der Waals surface area (Å²) < 4.78 is 16.8. The number of aliphatic hydroxyl groups excluding tert-OH is 1. The van der Waals surface area contributed by atoms with Gasteiger partial charge in [0.15, 0.2) is 5.78 Å². The average molecular weight is 1110 g/mol. The molecule has 2 rings (SSSR count). The quantitative estimate of drug-likeness (QED) is 0.0275. The number of ether oxygens (including phenoxy) is 3. The number of nitrogens with one attached hydrogen (secondary N) is 4. The van der Waals surface area contributed by atoms with Crippen molar-refractivity contribution >= 4 is 64.9 Å². The third kappa shape index (κ3) is 24.7. The summed E-state index contributed by atoms with van der Waals surface area (Å²) in [4.78, 5) is 102. The molecule has 0 saturated heterocycles. The van der Waals surface area contributed by atoms with Gasteiger partial charge in [0, 0.05) is 75.2 Å². The van der Waals surface area contributed by atoms with Gasteiger partial charge in [0.1, 0.15) is 29.0 Å². The van der Waals surface area contributed by atoms with Gasteiger partial charge in [0.05, 0.1) is 37.7 Å². The first-order chi connectivity index (χ1) is 36.7. The van der Waals surface area contributed by atoms with Gasteiger partial charge < -0.3 is 45.5 Å². The first kappa shape index (κ1) is 68.1. The molecular weight excluding hydrogens is 1020 g/mol. The molecule has 0 fully saturated rings. The Balaban J connectivity index is 2.29. The summed E-state index contributed by atoms with van der Waals surface area (Å²) >= 11 is 2.71. The van der Waals surface area contributed by atoms with Crippen LogP contribution in [0.4, 0.5) is 0 Å². The molecule has 7 atom stereocenters. The second-order valence-electron chi connectivity index (χ2n) is 20.5. The minimum atomic E-state index is -1.08. The lowest BCUT2D eigenvalue weighted by molar-refractivity contribution is -0.145. The van der Waals surface area contributed by atoms with Crippen LogP contribution in [0.15, 0.2) is 55.0 Å². The Bertz CT molecular complexity index is 2140. The molecule has 0 saturated carbocycles. The fourth-order valence-electron chi connectivity index (χ4n) is 8.68. The van der Waals surface area contributed by atoms with E-state index < -0.39 is 35.7 Å². The van der Waals surface area contributed by atoms with Crippen LogP contribution in [0, 0.1) is 24.7 Å². The Morgan fingerprint density at radius 1 is 0.948 bits per heavy atom. The summed E-state index contributed by atoms with van der Waals surface area (Å²) in [6.45, 7) is 25.1. The number of carbonyl (C=O) groups excluding carboxylic acids is 7. The summed E-state index contributed by atoms with van der Waals surface area (Å²) in [5.74, 6) is -2.14. The van der Waals surface area contributed by atoms with Crippen molar-refractivity contribution in [3.05, 3.63) is 76.8 Å². The number of amides is 5. The molecule has 0 spiro atoms. The van der Waals surface area contributed by atoms with Crippen LogP contribution < -0.4 is 21.3 Å². The van der Waals surface area contributed by atoms with E-state index in [0.717, 1.165) is 11.1 Å². The second-order valence-corrected chi connectivity index (χ2v) is 22.3. The number of benzene rings is 1. The number of aliphatic hydroxyl groups is 1. The van der Waals surface area contributed by atoms with E-state index >= 15 is 4.79 Å². The minimum Gasteiger partial charge on any atom is -0.465 e. The van der Waals surface area contributed by atoms with E-state index in [2.05, 4.69) is 34.4 Å². The molecule has 3 unspecified atom stereocenters. The second kappa shape index (κ2) is 37.0. The maximum absolute atomic E-state index is 15.1. The van der Waals surface area contributed by atoms with Gasteiger partial charge in [0.2, 0.25) is 23.6 Å². The zero-order valence-electron chi connectivity index (χ0n) is 47.6. The number of ketones is 1. The molecule has 2 aromatic rings. The summed E-state index contributed by atoms with van der Waals surface area (Å²) in [6, 6.07) is 6.44. The molecule has 0 aliphatic heterocycles. The van der Waals surface area contributed by atoms with Gasteiger partial charge in [-0.2, -0.15) is 11.8 Å². The van der Waals surface area contributed by atoms with Gasteiger partial charge in [-0.1, -0.05) is 76.1 Å². The lowest BCUT2D eigenvalue weighted by Crippen LogP contribution is -2.52. The standard InChI is InChI=1S/C57H91N7O11S2/c1-13-26-64(48(39(4)5)35-49(74-29-14-2)55-62-47(36-77-55)54(71)60-44(32-42(8)75-38-66)33-43-21-19-40(6)20-22-43)56(72)45(41(7)15-3)34-50(67)57(9,10)63(11)27-23-51(68)61-46(53(70)59-25-30-73-31-28-65)18-16-17-24-58-52(69)37-76-12/h13-14,19-22,36,38-39,41-42,44-46,48-49,65H,1-2,15-18,23-35,37H2,3-12H3,(H,58,69)(H,59,70)(H,60,71)(H,61,68)/t41?,42?,44-,45+,46?,48-,49-/m1/s1. The number of nitrogens with zero attached hydrogens (tertiary/aromatic N) is 3. The molecule has 20 heteroatoms. The summed E-state index contributed by atoms with van der Waals surface area (Å²) in [7, 11) is 1.76. The Labute approximate surface area is 467 Å². The highest BCUT2D eigenvalue weighted by molar-refractivity contribution is 7.99. The van der Waals surface area contributed by atoms with E-state index in [-0.39, 0.29) is 118 Å². The van der Waals surface area contributed by atoms with Gasteiger partial charge in [-0.25, -0.2) is 4.98 Å². The van der Waals surface area contributed by atoms with Crippen LogP contribution in [-0.4, -0.2) is 163 Å². The number of Topliss-reactive ketones (excluding diaryl/α,β-unsaturated/α-hetero) is 1. The average Bonchev–Trinajstić information content (AvgIpc) is 3.89. The molecule has 1 aromatic heterocycles. The lowest BCUT2D eigenvalue weighted by Gasteiger charge is -2.40. The normalized spacial score (nSPS) is 14.3.